The molecule has 0 N–H and O–H groups in total. The van der Waals surface area contributed by atoms with E-state index >= 15 is 0 Å². The van der Waals surface area contributed by atoms with Crippen LogP contribution in [0, 0.1) is 0 Å². The lowest BCUT2D eigenvalue weighted by atomic mass is 10.4. The molecule has 0 atom stereocenters. The van der Waals surface area contributed by atoms with Crippen molar-refractivity contribution in [1.29, 1.82) is 0 Å². The molecule has 800 valence electrons. The molecule has 0 amide bonds. The molecular weight excluding hydrogens is 1650 g/mol. The van der Waals surface area contributed by atoms with Crippen LogP contribution >= 0.6 is 0 Å². The Balaban J connectivity index is -0.0000000342. The number of methoxy groups -OCH3 is 4. The molecule has 12 rings (SSSR count). The lowest BCUT2D eigenvalue weighted by molar-refractivity contribution is 0.277. The second-order valence-corrected chi connectivity index (χ2v) is 19.0. The fourth-order valence-electron chi connectivity index (χ4n) is 4.62. The summed E-state index contributed by atoms with van der Waals surface area (Å²) in [7, 11) is 13.0. The van der Waals surface area contributed by atoms with Gasteiger partial charge in [-0.2, -0.15) is 0 Å². The van der Waals surface area contributed by atoms with Gasteiger partial charge in [0.2, 0.25) is 0 Å². The van der Waals surface area contributed by atoms with Crippen LogP contribution in [0.5, 0.6) is 0 Å². The van der Waals surface area contributed by atoms with Crippen LogP contribution in [0.4, 0.5) is 0 Å². The third kappa shape index (κ3) is 486. The van der Waals surface area contributed by atoms with Gasteiger partial charge in [-0.05, 0) is 0 Å². The summed E-state index contributed by atoms with van der Waals surface area (Å²) in [6, 6.07) is 144. The van der Waals surface area contributed by atoms with Gasteiger partial charge in [-0.15, -0.1) is 0 Å². The van der Waals surface area contributed by atoms with E-state index in [0.29, 0.717) is 0 Å². The molecule has 0 spiro atoms. The summed E-state index contributed by atoms with van der Waals surface area (Å²) < 4.78 is 17.0. The zero-order valence-electron chi connectivity index (χ0n) is 101. The minimum absolute atomic E-state index is 0. The molecule has 0 aliphatic rings. The van der Waals surface area contributed by atoms with E-state index in [1.165, 1.54) is 32.1 Å². The predicted molar refractivity (Wildman–Crippen MR) is 660 cm³/mol. The first-order valence-corrected chi connectivity index (χ1v) is 52.3. The van der Waals surface area contributed by atoms with Crippen LogP contribution in [0.15, 0.2) is 437 Å². The molecule has 0 aliphatic carbocycles. The minimum Gasteiger partial charge on any atom is -0.388 e. The highest BCUT2D eigenvalue weighted by Gasteiger charge is 1.65. The summed E-state index contributed by atoms with van der Waals surface area (Å²) in [5, 5.41) is 0. The van der Waals surface area contributed by atoms with Gasteiger partial charge in [-0.3, -0.25) is 0 Å². The van der Waals surface area contributed by atoms with Gasteiger partial charge in [0, 0.05) is 56.9 Å². The first kappa shape index (κ1) is 205. The van der Waals surface area contributed by atoms with Crippen LogP contribution in [-0.4, -0.2) is 56.9 Å². The molecule has 0 aromatic heterocycles. The van der Waals surface area contributed by atoms with E-state index in [0.717, 1.165) is 0 Å². The van der Waals surface area contributed by atoms with Crippen molar-refractivity contribution in [2.45, 2.75) is 358 Å². The van der Waals surface area contributed by atoms with Crippen molar-refractivity contribution in [2.75, 3.05) is 56.9 Å². The van der Waals surface area contributed by atoms with E-state index in [9.17, 15) is 0 Å². The fourth-order valence-corrected chi connectivity index (χ4v) is 4.62. The van der Waals surface area contributed by atoms with Gasteiger partial charge >= 0.3 is 0 Å². The summed E-state index contributed by atoms with van der Waals surface area (Å²) in [5.74, 6) is 0. The van der Waals surface area contributed by atoms with Crippen molar-refractivity contribution >= 4 is 0 Å². The largest absolute Gasteiger partial charge is 0.388 e. The molecule has 0 saturated heterocycles. The van der Waals surface area contributed by atoms with Gasteiger partial charge < -0.3 is 18.9 Å². The summed E-state index contributed by atoms with van der Waals surface area (Å²) in [4.78, 5) is 0. The Labute approximate surface area is 865 Å². The van der Waals surface area contributed by atoms with Gasteiger partial charge in [0.15, 0.2) is 0 Å². The number of hydrogen-bond donors (Lipinski definition) is 0. The molecule has 0 fully saturated rings. The van der Waals surface area contributed by atoms with Crippen molar-refractivity contribution in [1.82, 2.24) is 0 Å². The normalized spacial score (nSPS) is 6.22. The smallest absolute Gasteiger partial charge is 0.0351 e. The van der Waals surface area contributed by atoms with E-state index in [1.54, 1.807) is 56.9 Å². The number of rotatable bonds is 0. The van der Waals surface area contributed by atoms with Crippen LogP contribution in [0.1, 0.15) is 358 Å². The van der Waals surface area contributed by atoms with Crippen LogP contribution in [-0.2, 0) is 18.9 Å². The van der Waals surface area contributed by atoms with Crippen LogP contribution < -0.4 is 0 Å². The molecule has 0 radical (unpaired) electrons. The van der Waals surface area contributed by atoms with E-state index < -0.39 is 0 Å². The standard InChI is InChI=1S/12C6H6.5C3H8.4C2H6O.18C2H6.CH4/c12*1-2-4-6-5-3-1;9*1-3-2;18*1-2;/h12*1-6H;5*3H2,1-2H3;4*1-2H3;18*1-2H3;1H4. The molecule has 0 unspecified atom stereocenters. The third-order valence-corrected chi connectivity index (χ3v) is 8.00. The lowest BCUT2D eigenvalue weighted by Crippen LogP contribution is -1.55. The molecule has 4 heteroatoms. The maximum absolute atomic E-state index is 4.25. The summed E-state index contributed by atoms with van der Waals surface area (Å²) in [6.07, 6.45) is 6.25. The van der Waals surface area contributed by atoms with Crippen molar-refractivity contribution in [3.05, 3.63) is 437 Å². The Bertz CT molecular complexity index is 1700. The summed E-state index contributed by atoms with van der Waals surface area (Å²) >= 11 is 0. The molecular formula is C132H248O4. The van der Waals surface area contributed by atoms with Crippen LogP contribution in [0.3, 0.4) is 0 Å². The second-order valence-electron chi connectivity index (χ2n) is 19.0. The lowest BCUT2D eigenvalue weighted by Gasteiger charge is -1.69. The minimum atomic E-state index is 0. The topological polar surface area (TPSA) is 36.9 Å². The van der Waals surface area contributed by atoms with E-state index in [2.05, 4.69) is 88.2 Å². The number of hydrogen-bond acceptors (Lipinski definition) is 4. The van der Waals surface area contributed by atoms with E-state index in [-0.39, 0.29) is 7.43 Å². The summed E-state index contributed by atoms with van der Waals surface area (Å²) in [6.45, 7) is 93.2. The zero-order chi connectivity index (χ0) is 111. The average Bonchev–Trinajstić information content (AvgIpc) is 1.23. The van der Waals surface area contributed by atoms with Gasteiger partial charge in [-0.25, -0.2) is 0 Å². The van der Waals surface area contributed by atoms with Gasteiger partial charge in [0.05, 0.1) is 0 Å². The fraction of sp³-hybridized carbons (Fsp3) is 0.455. The number of benzene rings is 12. The Morgan fingerprint density at radius 1 is 0.0809 bits per heavy atom. The zero-order valence-corrected chi connectivity index (χ0v) is 101. The van der Waals surface area contributed by atoms with Crippen LogP contribution in [0.2, 0.25) is 0 Å². The van der Waals surface area contributed by atoms with E-state index in [1.807, 2.05) is 686 Å². The SMILES string of the molecule is C.CC.CC.CC.CC.CC.CC.CC.CC.CC.CC.CC.CC.CC.CC.CC.CC.CC.CC.CCC.CCC.CCC.CCC.CCC.COC.COC.COC.COC.c1ccccc1.c1ccccc1.c1ccccc1.c1ccccc1.c1ccccc1.c1ccccc1.c1ccccc1.c1ccccc1.c1ccccc1.c1ccccc1.c1ccccc1.c1ccccc1. The van der Waals surface area contributed by atoms with Crippen molar-refractivity contribution in [2.24, 2.45) is 0 Å². The monoisotopic (exact) mass is 1900 g/mol. The Hall–Kier alpha value is -9.52. The molecule has 0 aliphatic heterocycles. The third-order valence-electron chi connectivity index (χ3n) is 8.00. The first-order chi connectivity index (χ1) is 66.7. The molecule has 0 bridgehead atoms. The van der Waals surface area contributed by atoms with Gasteiger partial charge in [-0.1, -0.05) is 795 Å². The summed E-state index contributed by atoms with van der Waals surface area (Å²) in [5.41, 5.74) is 0. The molecule has 0 heterocycles. The van der Waals surface area contributed by atoms with Crippen molar-refractivity contribution in [3.8, 4) is 0 Å². The molecule has 12 aromatic carbocycles. The highest BCUT2D eigenvalue weighted by Crippen LogP contribution is 1.87. The quantitative estimate of drug-likeness (QED) is 0.152. The van der Waals surface area contributed by atoms with E-state index in [4.69, 9.17) is 0 Å². The molecule has 0 saturated carbocycles. The number of ether oxygens (including phenoxy) is 4. The predicted octanol–water partition coefficient (Wildman–Crippen LogP) is 47.5. The second kappa shape index (κ2) is 381. The maximum atomic E-state index is 4.25. The van der Waals surface area contributed by atoms with Crippen molar-refractivity contribution in [3.63, 3.8) is 0 Å². The molecule has 136 heavy (non-hydrogen) atoms. The first-order valence-electron chi connectivity index (χ1n) is 52.3. The highest BCUT2D eigenvalue weighted by atomic mass is 16.5. The van der Waals surface area contributed by atoms with Gasteiger partial charge in [0.25, 0.3) is 0 Å². The van der Waals surface area contributed by atoms with Crippen molar-refractivity contribution < 1.29 is 18.9 Å². The Morgan fingerprint density at radius 3 is 0.0956 bits per heavy atom. The van der Waals surface area contributed by atoms with Crippen LogP contribution in [0.25, 0.3) is 0 Å². The average molecular weight is 1900 g/mol. The van der Waals surface area contributed by atoms with Gasteiger partial charge in [0.1, 0.15) is 0 Å². The Morgan fingerprint density at radius 2 is 0.0882 bits per heavy atom. The molecule has 12 aromatic rings. The Kier molecular flexibility index (Phi) is 575. The molecule has 4 nitrogen and oxygen atoms in total. The maximum Gasteiger partial charge on any atom is 0.0351 e. The highest BCUT2D eigenvalue weighted by molar-refractivity contribution is 5.06.